The van der Waals surface area contributed by atoms with Gasteiger partial charge in [-0.25, -0.2) is 13.2 Å². The Morgan fingerprint density at radius 2 is 1.75 bits per heavy atom. The molecule has 0 unspecified atom stereocenters. The smallest absolute Gasteiger partial charge is 0.257 e. The predicted octanol–water partition coefficient (Wildman–Crippen LogP) is 4.83. The van der Waals surface area contributed by atoms with Crippen LogP contribution in [0.1, 0.15) is 107 Å². The number of piperidine rings is 1. The number of amides is 4. The molecule has 4 rings (SSSR count). The molecule has 2 aromatic rings. The van der Waals surface area contributed by atoms with Crippen LogP contribution in [0.15, 0.2) is 29.0 Å². The number of alkyl halides is 2. The minimum absolute atomic E-state index is 0.0912. The molecule has 1 aliphatic carbocycles. The maximum Gasteiger partial charge on any atom is 0.257 e. The van der Waals surface area contributed by atoms with Gasteiger partial charge in [0.25, 0.3) is 11.8 Å². The van der Waals surface area contributed by atoms with Crippen molar-refractivity contribution >= 4 is 29.3 Å². The first-order valence-electron chi connectivity index (χ1n) is 16.6. The SMILES string of the molecule is CCC(=O)N[C@@H](C(=O)N1CCC(F)(F)CC1)[C@@H](C)c1ccc(NC(=O)[C@@H](NC(=O)c2conc2C(C)(C)N)[C@H]2CC[C@H](C)CC2)c(F)c1. The van der Waals surface area contributed by atoms with Gasteiger partial charge in [-0.2, -0.15) is 0 Å². The van der Waals surface area contributed by atoms with Crippen molar-refractivity contribution in [3.8, 4) is 0 Å². The largest absolute Gasteiger partial charge is 0.364 e. The summed E-state index contributed by atoms with van der Waals surface area (Å²) in [5.41, 5.74) is 5.74. The molecule has 3 atom stereocenters. The zero-order valence-electron chi connectivity index (χ0n) is 28.2. The van der Waals surface area contributed by atoms with E-state index in [9.17, 15) is 28.0 Å². The summed E-state index contributed by atoms with van der Waals surface area (Å²) in [7, 11) is 0. The summed E-state index contributed by atoms with van der Waals surface area (Å²) in [6, 6.07) is 1.97. The summed E-state index contributed by atoms with van der Waals surface area (Å²) in [4.78, 5) is 54.2. The lowest BCUT2D eigenvalue weighted by molar-refractivity contribution is -0.142. The van der Waals surface area contributed by atoms with Gasteiger partial charge in [-0.3, -0.25) is 19.2 Å². The van der Waals surface area contributed by atoms with Gasteiger partial charge in [0.05, 0.1) is 11.2 Å². The summed E-state index contributed by atoms with van der Waals surface area (Å²) in [5, 5.41) is 12.0. The summed E-state index contributed by atoms with van der Waals surface area (Å²) >= 11 is 0. The molecular formula is C34H47F3N6O5. The lowest BCUT2D eigenvalue weighted by atomic mass is 9.79. The number of carbonyl (C=O) groups excluding carboxylic acids is 4. The van der Waals surface area contributed by atoms with Gasteiger partial charge in [-0.05, 0) is 56.2 Å². The molecule has 4 amide bonds. The van der Waals surface area contributed by atoms with E-state index in [1.165, 1.54) is 29.4 Å². The fourth-order valence-electron chi connectivity index (χ4n) is 6.34. The van der Waals surface area contributed by atoms with Crippen LogP contribution in [0.2, 0.25) is 0 Å². The summed E-state index contributed by atoms with van der Waals surface area (Å²) in [5.74, 6) is -6.21. The second-order valence-corrected chi connectivity index (χ2v) is 13.9. The highest BCUT2D eigenvalue weighted by Gasteiger charge is 2.40. The monoisotopic (exact) mass is 676 g/mol. The number of nitrogens with one attached hydrogen (secondary N) is 3. The maximum absolute atomic E-state index is 15.6. The molecule has 264 valence electrons. The van der Waals surface area contributed by atoms with E-state index in [-0.39, 0.29) is 42.4 Å². The molecule has 0 spiro atoms. The first-order chi connectivity index (χ1) is 22.5. The van der Waals surface area contributed by atoms with Crippen LogP contribution in [0.25, 0.3) is 0 Å². The number of nitrogens with zero attached hydrogens (tertiary/aromatic N) is 2. The van der Waals surface area contributed by atoms with Crippen LogP contribution < -0.4 is 21.7 Å². The number of halogens is 3. The zero-order chi connectivity index (χ0) is 35.4. The molecular weight excluding hydrogens is 629 g/mol. The Labute approximate surface area is 278 Å². The van der Waals surface area contributed by atoms with Crippen LogP contribution in [-0.4, -0.2) is 64.8 Å². The molecule has 0 radical (unpaired) electrons. The van der Waals surface area contributed by atoms with Crippen LogP contribution in [0.5, 0.6) is 0 Å². The van der Waals surface area contributed by atoms with Crippen molar-refractivity contribution < 1.29 is 36.9 Å². The molecule has 5 N–H and O–H groups in total. The topological polar surface area (TPSA) is 160 Å². The maximum atomic E-state index is 15.6. The fraction of sp³-hybridized carbons (Fsp3) is 0.618. The van der Waals surface area contributed by atoms with Gasteiger partial charge in [-0.1, -0.05) is 44.8 Å². The van der Waals surface area contributed by atoms with E-state index < -0.39 is 71.8 Å². The van der Waals surface area contributed by atoms with Crippen LogP contribution in [0.4, 0.5) is 18.9 Å². The average Bonchev–Trinajstić information content (AvgIpc) is 3.54. The standard InChI is InChI=1S/C34H47F3N6O5/c1-6-26(44)40-27(32(47)43-15-13-34(36,37)14-16-43)20(3)22-11-12-25(24(35)17-22)39-31(46)28(21-9-7-19(2)8-10-21)41-30(45)23-18-48-42-29(23)33(4,5)38/h11-12,17-21,27-28H,6-10,13-16,38H2,1-5H3,(H,39,46)(H,40,44)(H,41,45)/t19-,20-,21-,27+,28-/m0/s1. The third-order valence-electron chi connectivity index (χ3n) is 9.51. The molecule has 14 heteroatoms. The van der Waals surface area contributed by atoms with Gasteiger partial charge < -0.3 is 31.1 Å². The van der Waals surface area contributed by atoms with Gasteiger partial charge in [0.1, 0.15) is 35.4 Å². The molecule has 2 fully saturated rings. The number of carbonyl (C=O) groups is 4. The molecule has 1 aromatic carbocycles. The second kappa shape index (κ2) is 15.1. The van der Waals surface area contributed by atoms with Gasteiger partial charge in [0.15, 0.2) is 0 Å². The molecule has 0 bridgehead atoms. The molecule has 2 heterocycles. The van der Waals surface area contributed by atoms with Crippen molar-refractivity contribution in [3.05, 3.63) is 47.1 Å². The number of hydrogen-bond acceptors (Lipinski definition) is 7. The van der Waals surface area contributed by atoms with Gasteiger partial charge in [0, 0.05) is 38.3 Å². The van der Waals surface area contributed by atoms with Crippen molar-refractivity contribution in [1.82, 2.24) is 20.7 Å². The Hall–Kier alpha value is -3.94. The Bertz CT molecular complexity index is 1470. The zero-order valence-corrected chi connectivity index (χ0v) is 28.2. The highest BCUT2D eigenvalue weighted by atomic mass is 19.3. The third-order valence-corrected chi connectivity index (χ3v) is 9.51. The quantitative estimate of drug-likeness (QED) is 0.265. The molecule has 11 nitrogen and oxygen atoms in total. The van der Waals surface area contributed by atoms with E-state index in [4.69, 9.17) is 10.3 Å². The van der Waals surface area contributed by atoms with E-state index in [0.717, 1.165) is 12.8 Å². The van der Waals surface area contributed by atoms with E-state index in [1.54, 1.807) is 27.7 Å². The molecule has 1 aromatic heterocycles. The van der Waals surface area contributed by atoms with Crippen molar-refractivity contribution in [2.45, 2.75) is 109 Å². The van der Waals surface area contributed by atoms with E-state index in [1.807, 2.05) is 0 Å². The van der Waals surface area contributed by atoms with Gasteiger partial charge in [0.2, 0.25) is 17.7 Å². The Kier molecular flexibility index (Phi) is 11.6. The van der Waals surface area contributed by atoms with Crippen LogP contribution in [0, 0.1) is 17.7 Å². The summed E-state index contributed by atoms with van der Waals surface area (Å²) in [6.45, 7) is 8.42. The van der Waals surface area contributed by atoms with Crippen molar-refractivity contribution in [2.75, 3.05) is 18.4 Å². The number of benzene rings is 1. The molecule has 48 heavy (non-hydrogen) atoms. The highest BCUT2D eigenvalue weighted by Crippen LogP contribution is 2.33. The lowest BCUT2D eigenvalue weighted by Gasteiger charge is -2.36. The second-order valence-electron chi connectivity index (χ2n) is 13.9. The lowest BCUT2D eigenvalue weighted by Crippen LogP contribution is -2.53. The minimum Gasteiger partial charge on any atom is -0.364 e. The van der Waals surface area contributed by atoms with E-state index in [0.29, 0.717) is 24.3 Å². The number of aromatic nitrogens is 1. The minimum atomic E-state index is -2.86. The van der Waals surface area contributed by atoms with Crippen molar-refractivity contribution in [3.63, 3.8) is 0 Å². The highest BCUT2D eigenvalue weighted by molar-refractivity contribution is 6.02. The van der Waals surface area contributed by atoms with Crippen LogP contribution in [-0.2, 0) is 19.9 Å². The first-order valence-corrected chi connectivity index (χ1v) is 16.6. The number of rotatable bonds is 11. The molecule has 1 aliphatic heterocycles. The fourth-order valence-corrected chi connectivity index (χ4v) is 6.34. The van der Waals surface area contributed by atoms with Crippen molar-refractivity contribution in [1.29, 1.82) is 0 Å². The Balaban J connectivity index is 1.53. The Morgan fingerprint density at radius 3 is 2.33 bits per heavy atom. The predicted molar refractivity (Wildman–Crippen MR) is 173 cm³/mol. The Morgan fingerprint density at radius 1 is 1.10 bits per heavy atom. The van der Waals surface area contributed by atoms with Crippen LogP contribution in [0.3, 0.4) is 0 Å². The van der Waals surface area contributed by atoms with Gasteiger partial charge in [-0.15, -0.1) is 0 Å². The first kappa shape index (κ1) is 36.9. The molecule has 1 saturated carbocycles. The molecule has 2 aliphatic rings. The number of hydrogen-bond donors (Lipinski definition) is 4. The number of likely N-dealkylation sites (tertiary alicyclic amines) is 1. The average molecular weight is 677 g/mol. The van der Waals surface area contributed by atoms with Crippen LogP contribution >= 0.6 is 0 Å². The number of nitrogens with two attached hydrogens (primary N) is 1. The normalized spacial score (nSPS) is 21.5. The summed E-state index contributed by atoms with van der Waals surface area (Å²) < 4.78 is 48.1. The number of anilines is 1. The van der Waals surface area contributed by atoms with E-state index >= 15 is 4.39 Å². The van der Waals surface area contributed by atoms with Gasteiger partial charge >= 0.3 is 0 Å². The van der Waals surface area contributed by atoms with E-state index in [2.05, 4.69) is 28.0 Å². The van der Waals surface area contributed by atoms with Crippen molar-refractivity contribution in [2.24, 2.45) is 17.6 Å². The third kappa shape index (κ3) is 8.94. The summed E-state index contributed by atoms with van der Waals surface area (Å²) in [6.07, 6.45) is 3.43. The molecule has 1 saturated heterocycles.